The highest BCUT2D eigenvalue weighted by Gasteiger charge is 2.12. The summed E-state index contributed by atoms with van der Waals surface area (Å²) in [7, 11) is 0. The molecule has 2 rings (SSSR count). The smallest absolute Gasteiger partial charge is 0.329 e. The largest absolute Gasteiger partial charge is 0.483 e. The quantitative estimate of drug-likeness (QED) is 0.196. The van der Waals surface area contributed by atoms with Crippen LogP contribution in [0.1, 0.15) is 31.4 Å². The number of rotatable bonds is 12. The van der Waals surface area contributed by atoms with Crippen LogP contribution in [0.5, 0.6) is 5.75 Å². The van der Waals surface area contributed by atoms with Crippen molar-refractivity contribution in [1.29, 1.82) is 0 Å². The third kappa shape index (κ3) is 10.4. The van der Waals surface area contributed by atoms with E-state index in [-0.39, 0.29) is 18.6 Å². The van der Waals surface area contributed by atoms with Crippen LogP contribution in [-0.2, 0) is 25.7 Å². The topological polar surface area (TPSA) is 118 Å². The average Bonchev–Trinajstić information content (AvgIpc) is 2.82. The van der Waals surface area contributed by atoms with E-state index in [1.807, 2.05) is 44.2 Å². The minimum Gasteiger partial charge on any atom is -0.483 e. The number of hydrogen-bond donors (Lipinski definition) is 3. The number of ether oxygens (including phenoxy) is 2. The van der Waals surface area contributed by atoms with Crippen molar-refractivity contribution in [3.63, 3.8) is 0 Å². The molecule has 3 amide bonds. The Morgan fingerprint density at radius 2 is 1.70 bits per heavy atom. The van der Waals surface area contributed by atoms with Crippen molar-refractivity contribution in [2.45, 2.75) is 32.9 Å². The van der Waals surface area contributed by atoms with Crippen molar-refractivity contribution in [2.24, 2.45) is 5.10 Å². The third-order valence-electron chi connectivity index (χ3n) is 4.24. The normalized spacial score (nSPS) is 10.8. The van der Waals surface area contributed by atoms with Gasteiger partial charge >= 0.3 is 11.8 Å². The molecule has 9 heteroatoms. The predicted octanol–water partition coefficient (Wildman–Crippen LogP) is 1.76. The molecule has 0 bridgehead atoms. The first kappa shape index (κ1) is 25.5. The van der Waals surface area contributed by atoms with Gasteiger partial charge in [0.1, 0.15) is 5.75 Å². The molecule has 0 unspecified atom stereocenters. The van der Waals surface area contributed by atoms with Gasteiger partial charge in [0.15, 0.2) is 6.61 Å². The number of hydrazone groups is 1. The highest BCUT2D eigenvalue weighted by molar-refractivity contribution is 6.35. The Hall–Kier alpha value is -3.72. The lowest BCUT2D eigenvalue weighted by atomic mass is 10.2. The maximum atomic E-state index is 12.1. The van der Waals surface area contributed by atoms with Crippen LogP contribution in [0.15, 0.2) is 59.7 Å². The Bertz CT molecular complexity index is 931. The molecule has 0 aliphatic carbocycles. The maximum Gasteiger partial charge on any atom is 0.329 e. The zero-order valence-corrected chi connectivity index (χ0v) is 18.9. The molecule has 0 aliphatic rings. The molecule has 0 fully saturated rings. The number of nitrogens with zero attached hydrogens (tertiary/aromatic N) is 1. The monoisotopic (exact) mass is 454 g/mol. The van der Waals surface area contributed by atoms with E-state index in [0.717, 1.165) is 5.56 Å². The van der Waals surface area contributed by atoms with Crippen molar-refractivity contribution in [1.82, 2.24) is 16.1 Å². The average molecular weight is 455 g/mol. The number of benzene rings is 2. The second-order valence-corrected chi connectivity index (χ2v) is 7.32. The summed E-state index contributed by atoms with van der Waals surface area (Å²) in [4.78, 5) is 35.7. The molecule has 0 heterocycles. The van der Waals surface area contributed by atoms with E-state index in [9.17, 15) is 14.4 Å². The summed E-state index contributed by atoms with van der Waals surface area (Å²) < 4.78 is 10.9. The highest BCUT2D eigenvalue weighted by Crippen LogP contribution is 2.15. The third-order valence-corrected chi connectivity index (χ3v) is 4.24. The lowest BCUT2D eigenvalue weighted by molar-refractivity contribution is -0.139. The van der Waals surface area contributed by atoms with Crippen LogP contribution in [0, 0.1) is 0 Å². The van der Waals surface area contributed by atoms with Crippen molar-refractivity contribution >= 4 is 23.9 Å². The molecule has 0 radical (unpaired) electrons. The molecule has 0 spiro atoms. The lowest BCUT2D eigenvalue weighted by Crippen LogP contribution is -2.38. The molecule has 2 aromatic rings. The Kier molecular flexibility index (Phi) is 11.1. The Labute approximate surface area is 193 Å². The number of amides is 3. The summed E-state index contributed by atoms with van der Waals surface area (Å²) >= 11 is 0. The summed E-state index contributed by atoms with van der Waals surface area (Å²) in [5.41, 5.74) is 3.70. The van der Waals surface area contributed by atoms with Gasteiger partial charge in [-0.3, -0.25) is 14.4 Å². The van der Waals surface area contributed by atoms with Crippen molar-refractivity contribution < 1.29 is 23.9 Å². The second kappa shape index (κ2) is 14.4. The molecular formula is C24H30N4O5. The number of hydrogen-bond acceptors (Lipinski definition) is 6. The Morgan fingerprint density at radius 1 is 0.970 bits per heavy atom. The van der Waals surface area contributed by atoms with Crippen molar-refractivity contribution in [2.75, 3.05) is 19.8 Å². The van der Waals surface area contributed by atoms with Gasteiger partial charge in [0, 0.05) is 25.3 Å². The Morgan fingerprint density at radius 3 is 2.45 bits per heavy atom. The highest BCUT2D eigenvalue weighted by atomic mass is 16.5. The molecule has 33 heavy (non-hydrogen) atoms. The fourth-order valence-electron chi connectivity index (χ4n) is 2.59. The van der Waals surface area contributed by atoms with Gasteiger partial charge in [0.05, 0.1) is 12.3 Å². The summed E-state index contributed by atoms with van der Waals surface area (Å²) in [5, 5.41) is 9.08. The van der Waals surface area contributed by atoms with Gasteiger partial charge in [0.2, 0.25) is 0 Å². The number of para-hydroxylation sites is 1. The fourth-order valence-corrected chi connectivity index (χ4v) is 2.59. The van der Waals surface area contributed by atoms with Crippen LogP contribution in [0.3, 0.4) is 0 Å². The second-order valence-electron chi connectivity index (χ2n) is 7.32. The van der Waals surface area contributed by atoms with Gasteiger partial charge in [-0.05, 0) is 38.0 Å². The van der Waals surface area contributed by atoms with Gasteiger partial charge in [-0.1, -0.05) is 42.5 Å². The zero-order chi connectivity index (χ0) is 23.9. The van der Waals surface area contributed by atoms with Gasteiger partial charge in [-0.2, -0.15) is 5.10 Å². The number of carbonyl (C=O) groups is 3. The van der Waals surface area contributed by atoms with E-state index >= 15 is 0 Å². The Balaban J connectivity index is 1.75. The van der Waals surface area contributed by atoms with Gasteiger partial charge in [-0.25, -0.2) is 5.43 Å². The number of carbonyl (C=O) groups excluding carboxylic acids is 3. The molecule has 0 aliphatic heterocycles. The first-order valence-electron chi connectivity index (χ1n) is 10.7. The van der Waals surface area contributed by atoms with Crippen LogP contribution >= 0.6 is 0 Å². The molecule has 0 atom stereocenters. The molecule has 3 N–H and O–H groups in total. The van der Waals surface area contributed by atoms with Crippen LogP contribution in [-0.4, -0.2) is 49.8 Å². The molecule has 9 nitrogen and oxygen atoms in total. The molecule has 0 saturated heterocycles. The predicted molar refractivity (Wildman–Crippen MR) is 125 cm³/mol. The van der Waals surface area contributed by atoms with Crippen LogP contribution in [0.4, 0.5) is 0 Å². The standard InChI is InChI=1S/C24H30N4O5/c1-18(2)32-14-8-13-25-23(30)24(31)28-27-16-20-11-6-7-12-21(20)33-17-22(29)26-15-19-9-4-3-5-10-19/h3-7,9-12,16,18H,8,13-15,17H2,1-2H3,(H,25,30)(H,26,29)(H,28,31)/b27-16-. The van der Waals surface area contributed by atoms with Crippen LogP contribution in [0.25, 0.3) is 0 Å². The molecular weight excluding hydrogens is 424 g/mol. The minimum atomic E-state index is -0.880. The first-order valence-corrected chi connectivity index (χ1v) is 10.7. The van der Waals surface area contributed by atoms with E-state index in [0.29, 0.717) is 37.4 Å². The molecule has 0 saturated carbocycles. The first-order chi connectivity index (χ1) is 16.0. The van der Waals surface area contributed by atoms with E-state index in [4.69, 9.17) is 9.47 Å². The summed E-state index contributed by atoms with van der Waals surface area (Å²) in [6, 6.07) is 16.5. The van der Waals surface area contributed by atoms with E-state index in [2.05, 4.69) is 21.2 Å². The molecule has 2 aromatic carbocycles. The lowest BCUT2D eigenvalue weighted by Gasteiger charge is -2.09. The van der Waals surface area contributed by atoms with E-state index in [1.54, 1.807) is 24.3 Å². The SMILES string of the molecule is CC(C)OCCCNC(=O)C(=O)N/N=C\c1ccccc1OCC(=O)NCc1ccccc1. The zero-order valence-electron chi connectivity index (χ0n) is 18.9. The fraction of sp³-hybridized carbons (Fsp3) is 0.333. The minimum absolute atomic E-state index is 0.119. The van der Waals surface area contributed by atoms with Gasteiger partial charge in [0.25, 0.3) is 5.91 Å². The summed E-state index contributed by atoms with van der Waals surface area (Å²) in [6.45, 7) is 4.91. The maximum absolute atomic E-state index is 12.1. The van der Waals surface area contributed by atoms with E-state index in [1.165, 1.54) is 6.21 Å². The van der Waals surface area contributed by atoms with E-state index < -0.39 is 11.8 Å². The van der Waals surface area contributed by atoms with Crippen molar-refractivity contribution in [3.05, 3.63) is 65.7 Å². The summed E-state index contributed by atoms with van der Waals surface area (Å²) in [6.07, 6.45) is 2.07. The van der Waals surface area contributed by atoms with Crippen LogP contribution < -0.4 is 20.8 Å². The van der Waals surface area contributed by atoms with Gasteiger partial charge in [-0.15, -0.1) is 0 Å². The molecule has 0 aromatic heterocycles. The van der Waals surface area contributed by atoms with Crippen LogP contribution in [0.2, 0.25) is 0 Å². The number of nitrogens with one attached hydrogen (secondary N) is 3. The molecule has 176 valence electrons. The van der Waals surface area contributed by atoms with Crippen molar-refractivity contribution in [3.8, 4) is 5.75 Å². The summed E-state index contributed by atoms with van der Waals surface area (Å²) in [5.74, 6) is -1.51. The van der Waals surface area contributed by atoms with Gasteiger partial charge < -0.3 is 20.1 Å².